The van der Waals surface area contributed by atoms with Crippen molar-refractivity contribution >= 4 is 5.91 Å². The van der Waals surface area contributed by atoms with Crippen LogP contribution in [0.2, 0.25) is 0 Å². The Hall–Kier alpha value is -1.35. The number of primary amides is 1. The van der Waals surface area contributed by atoms with Crippen LogP contribution in [-0.4, -0.2) is 11.4 Å². The first kappa shape index (κ1) is 10.8. The molecule has 1 aromatic rings. The van der Waals surface area contributed by atoms with Crippen molar-refractivity contribution in [3.63, 3.8) is 0 Å². The summed E-state index contributed by atoms with van der Waals surface area (Å²) in [6, 6.07) is 8.41. The van der Waals surface area contributed by atoms with Crippen molar-refractivity contribution in [3.8, 4) is 0 Å². The molecule has 17 heavy (non-hydrogen) atoms. The number of hydrogen-bond donors (Lipinski definition) is 2. The summed E-state index contributed by atoms with van der Waals surface area (Å²) in [5, 5.41) is 0. The number of rotatable bonds is 1. The molecule has 1 saturated carbocycles. The largest absolute Gasteiger partial charge is 0.368 e. The molecule has 0 heterocycles. The van der Waals surface area contributed by atoms with E-state index in [1.54, 1.807) is 0 Å². The number of carbonyl (C=O) groups excluding carboxylic acids is 1. The van der Waals surface area contributed by atoms with Crippen LogP contribution in [-0.2, 0) is 17.6 Å². The van der Waals surface area contributed by atoms with Crippen LogP contribution in [0.4, 0.5) is 0 Å². The third-order valence-electron chi connectivity index (χ3n) is 4.69. The smallest absolute Gasteiger partial charge is 0.238 e. The highest BCUT2D eigenvalue weighted by Crippen LogP contribution is 2.45. The predicted octanol–water partition coefficient (Wildman–Crippen LogP) is 0.994. The number of carbonyl (C=O) groups is 1. The summed E-state index contributed by atoms with van der Waals surface area (Å²) >= 11 is 0. The Kier molecular flexibility index (Phi) is 2.26. The van der Waals surface area contributed by atoms with Crippen LogP contribution in [0.1, 0.15) is 24.0 Å². The van der Waals surface area contributed by atoms with E-state index in [0.717, 1.165) is 25.7 Å². The second-order valence-electron chi connectivity index (χ2n) is 5.45. The summed E-state index contributed by atoms with van der Waals surface area (Å²) in [7, 11) is 0. The van der Waals surface area contributed by atoms with E-state index in [4.69, 9.17) is 11.5 Å². The first-order valence-corrected chi connectivity index (χ1v) is 6.28. The standard InChI is InChI=1S/C14H18N2O/c15-13(17)14(16)11-5-6-12(14)8-10-4-2-1-3-9(10)7-11/h1-4,11-12H,5-8,16H2,(H2,15,17). The molecule has 2 bridgehead atoms. The molecule has 90 valence electrons. The van der Waals surface area contributed by atoms with E-state index < -0.39 is 5.54 Å². The highest BCUT2D eigenvalue weighted by Gasteiger charge is 2.52. The van der Waals surface area contributed by atoms with Gasteiger partial charge in [0.05, 0.1) is 0 Å². The van der Waals surface area contributed by atoms with Crippen molar-refractivity contribution in [3.05, 3.63) is 35.4 Å². The zero-order chi connectivity index (χ0) is 12.0. The molecule has 2 atom stereocenters. The van der Waals surface area contributed by atoms with Gasteiger partial charge in [0.2, 0.25) is 5.91 Å². The lowest BCUT2D eigenvalue weighted by Crippen LogP contribution is -2.59. The maximum absolute atomic E-state index is 11.7. The van der Waals surface area contributed by atoms with Gasteiger partial charge in [0, 0.05) is 0 Å². The van der Waals surface area contributed by atoms with Crippen molar-refractivity contribution < 1.29 is 4.79 Å². The summed E-state index contributed by atoms with van der Waals surface area (Å²) in [5.41, 5.74) is 13.8. The highest BCUT2D eigenvalue weighted by molar-refractivity contribution is 5.86. The Balaban J connectivity index is 2.06. The number of amides is 1. The molecule has 2 aliphatic rings. The van der Waals surface area contributed by atoms with Gasteiger partial charge in [0.25, 0.3) is 0 Å². The topological polar surface area (TPSA) is 69.1 Å². The van der Waals surface area contributed by atoms with Crippen molar-refractivity contribution in [2.24, 2.45) is 23.3 Å². The Morgan fingerprint density at radius 2 is 1.59 bits per heavy atom. The molecule has 4 N–H and O–H groups in total. The van der Waals surface area contributed by atoms with E-state index in [0.29, 0.717) is 0 Å². The number of nitrogens with two attached hydrogens (primary N) is 2. The first-order chi connectivity index (χ1) is 8.12. The van der Waals surface area contributed by atoms with Gasteiger partial charge in [-0.05, 0) is 48.6 Å². The van der Waals surface area contributed by atoms with Crippen molar-refractivity contribution in [1.82, 2.24) is 0 Å². The van der Waals surface area contributed by atoms with E-state index >= 15 is 0 Å². The first-order valence-electron chi connectivity index (χ1n) is 6.28. The van der Waals surface area contributed by atoms with Crippen LogP contribution >= 0.6 is 0 Å². The van der Waals surface area contributed by atoms with E-state index in [1.807, 2.05) is 0 Å². The predicted molar refractivity (Wildman–Crippen MR) is 66.2 cm³/mol. The third-order valence-corrected chi connectivity index (χ3v) is 4.69. The normalized spacial score (nSPS) is 35.1. The van der Waals surface area contributed by atoms with Gasteiger partial charge in [0.15, 0.2) is 0 Å². The molecule has 0 spiro atoms. The van der Waals surface area contributed by atoms with E-state index in [9.17, 15) is 4.79 Å². The average molecular weight is 230 g/mol. The van der Waals surface area contributed by atoms with Gasteiger partial charge in [-0.1, -0.05) is 24.3 Å². The fourth-order valence-corrected chi connectivity index (χ4v) is 3.64. The van der Waals surface area contributed by atoms with Gasteiger partial charge in [-0.2, -0.15) is 0 Å². The summed E-state index contributed by atoms with van der Waals surface area (Å²) in [6.45, 7) is 0. The zero-order valence-corrected chi connectivity index (χ0v) is 9.86. The Morgan fingerprint density at radius 1 is 1.12 bits per heavy atom. The Bertz CT molecular complexity index is 436. The minimum atomic E-state index is -0.793. The molecule has 3 rings (SSSR count). The molecule has 3 heteroatoms. The molecule has 2 unspecified atom stereocenters. The summed E-state index contributed by atoms with van der Waals surface area (Å²) in [6.07, 6.45) is 3.84. The van der Waals surface area contributed by atoms with Gasteiger partial charge in [-0.25, -0.2) is 0 Å². The third kappa shape index (κ3) is 1.42. The average Bonchev–Trinajstić information content (AvgIpc) is 2.53. The quantitative estimate of drug-likeness (QED) is 0.755. The van der Waals surface area contributed by atoms with Gasteiger partial charge in [-0.3, -0.25) is 4.79 Å². The second-order valence-corrected chi connectivity index (χ2v) is 5.45. The van der Waals surface area contributed by atoms with Crippen LogP contribution in [0.25, 0.3) is 0 Å². The molecule has 3 nitrogen and oxygen atoms in total. The minimum absolute atomic E-state index is 0.216. The van der Waals surface area contributed by atoms with Crippen LogP contribution in [0.15, 0.2) is 24.3 Å². The summed E-state index contributed by atoms with van der Waals surface area (Å²) < 4.78 is 0. The van der Waals surface area contributed by atoms with Crippen LogP contribution in [0.5, 0.6) is 0 Å². The molecular weight excluding hydrogens is 212 g/mol. The van der Waals surface area contributed by atoms with Gasteiger partial charge in [0.1, 0.15) is 5.54 Å². The molecule has 0 aromatic heterocycles. The van der Waals surface area contributed by atoms with E-state index in [2.05, 4.69) is 24.3 Å². The van der Waals surface area contributed by atoms with Crippen molar-refractivity contribution in [2.75, 3.05) is 0 Å². The van der Waals surface area contributed by atoms with Crippen LogP contribution < -0.4 is 11.5 Å². The van der Waals surface area contributed by atoms with Gasteiger partial charge >= 0.3 is 0 Å². The summed E-state index contributed by atoms with van der Waals surface area (Å²) in [5.74, 6) is 0.111. The molecule has 0 saturated heterocycles. The summed E-state index contributed by atoms with van der Waals surface area (Å²) in [4.78, 5) is 11.7. The number of benzene rings is 1. The van der Waals surface area contributed by atoms with Gasteiger partial charge < -0.3 is 11.5 Å². The van der Waals surface area contributed by atoms with E-state index in [-0.39, 0.29) is 17.7 Å². The van der Waals surface area contributed by atoms with E-state index in [1.165, 1.54) is 11.1 Å². The van der Waals surface area contributed by atoms with Gasteiger partial charge in [-0.15, -0.1) is 0 Å². The molecule has 2 aliphatic carbocycles. The molecule has 0 radical (unpaired) electrons. The lowest BCUT2D eigenvalue weighted by atomic mass is 9.79. The fraction of sp³-hybridized carbons (Fsp3) is 0.500. The van der Waals surface area contributed by atoms with Crippen LogP contribution in [0.3, 0.4) is 0 Å². The maximum atomic E-state index is 11.7. The number of hydrogen-bond acceptors (Lipinski definition) is 2. The SMILES string of the molecule is NC(=O)C1(N)C2CCC1Cc1ccccc1C2. The molecular formula is C14H18N2O. The number of fused-ring (bicyclic) bond motifs is 3. The molecule has 0 aliphatic heterocycles. The monoisotopic (exact) mass is 230 g/mol. The van der Waals surface area contributed by atoms with Crippen molar-refractivity contribution in [2.45, 2.75) is 31.2 Å². The maximum Gasteiger partial charge on any atom is 0.238 e. The van der Waals surface area contributed by atoms with Crippen molar-refractivity contribution in [1.29, 1.82) is 0 Å². The lowest BCUT2D eigenvalue weighted by molar-refractivity contribution is -0.125. The highest BCUT2D eigenvalue weighted by atomic mass is 16.1. The minimum Gasteiger partial charge on any atom is -0.368 e. The lowest BCUT2D eigenvalue weighted by Gasteiger charge is -2.31. The molecule has 1 aromatic carbocycles. The fourth-order valence-electron chi connectivity index (χ4n) is 3.64. The zero-order valence-electron chi connectivity index (χ0n) is 9.86. The molecule has 1 amide bonds. The Labute approximate surface area is 101 Å². The molecule has 1 fully saturated rings. The Morgan fingerprint density at radius 3 is 2.00 bits per heavy atom. The second kappa shape index (κ2) is 3.57. The van der Waals surface area contributed by atoms with Crippen LogP contribution in [0, 0.1) is 11.8 Å².